The van der Waals surface area contributed by atoms with Crippen molar-refractivity contribution in [3.8, 4) is 0 Å². The molecule has 0 radical (unpaired) electrons. The Kier molecular flexibility index (Phi) is 6.09. The zero-order chi connectivity index (χ0) is 16.7. The summed E-state index contributed by atoms with van der Waals surface area (Å²) in [7, 11) is 0. The average molecular weight is 322 g/mol. The summed E-state index contributed by atoms with van der Waals surface area (Å²) >= 11 is 0. The molecule has 1 atom stereocenters. The molecule has 0 spiro atoms. The van der Waals surface area contributed by atoms with E-state index >= 15 is 0 Å². The predicted octanol–water partition coefficient (Wildman–Crippen LogP) is 6.12. The summed E-state index contributed by atoms with van der Waals surface area (Å²) < 4.78 is 6.28. The molecule has 1 aliphatic rings. The van der Waals surface area contributed by atoms with Crippen molar-refractivity contribution in [3.05, 3.63) is 71.8 Å². The van der Waals surface area contributed by atoms with Crippen LogP contribution >= 0.6 is 0 Å². The molecule has 1 nitrogen and oxygen atoms in total. The molecule has 2 aromatic carbocycles. The molecule has 1 unspecified atom stereocenters. The van der Waals surface area contributed by atoms with Gasteiger partial charge in [-0.05, 0) is 24.0 Å². The smallest absolute Gasteiger partial charge is 0.0608 e. The minimum atomic E-state index is 0.0244. The first kappa shape index (κ1) is 17.2. The highest BCUT2D eigenvalue weighted by molar-refractivity contribution is 5.40. The zero-order valence-corrected chi connectivity index (χ0v) is 14.9. The van der Waals surface area contributed by atoms with Crippen molar-refractivity contribution in [3.63, 3.8) is 0 Å². The van der Waals surface area contributed by atoms with E-state index in [1.807, 2.05) is 0 Å². The van der Waals surface area contributed by atoms with Gasteiger partial charge in [0.25, 0.3) is 0 Å². The van der Waals surface area contributed by atoms with Gasteiger partial charge in [-0.1, -0.05) is 99.7 Å². The fourth-order valence-corrected chi connectivity index (χ4v) is 4.01. The molecular weight excluding hydrogens is 292 g/mol. The highest BCUT2D eigenvalue weighted by Crippen LogP contribution is 2.43. The van der Waals surface area contributed by atoms with Crippen molar-refractivity contribution in [2.75, 3.05) is 6.61 Å². The van der Waals surface area contributed by atoms with Crippen molar-refractivity contribution in [2.45, 2.75) is 63.4 Å². The Morgan fingerprint density at radius 1 is 0.833 bits per heavy atom. The summed E-state index contributed by atoms with van der Waals surface area (Å²) in [6, 6.07) is 21.9. The molecule has 0 bridgehead atoms. The van der Waals surface area contributed by atoms with E-state index in [4.69, 9.17) is 4.74 Å². The second-order valence-corrected chi connectivity index (χ2v) is 7.15. The van der Waals surface area contributed by atoms with E-state index in [1.165, 1.54) is 49.7 Å². The van der Waals surface area contributed by atoms with Gasteiger partial charge in [-0.2, -0.15) is 0 Å². The average Bonchev–Trinajstić information content (AvgIpc) is 3.09. The van der Waals surface area contributed by atoms with E-state index in [-0.39, 0.29) is 5.41 Å². The van der Waals surface area contributed by atoms with Crippen molar-refractivity contribution < 1.29 is 4.74 Å². The van der Waals surface area contributed by atoms with E-state index < -0.39 is 0 Å². The minimum absolute atomic E-state index is 0.0244. The van der Waals surface area contributed by atoms with E-state index in [0.29, 0.717) is 6.10 Å². The quantitative estimate of drug-likeness (QED) is 0.532. The van der Waals surface area contributed by atoms with Crippen LogP contribution in [0, 0.1) is 0 Å². The van der Waals surface area contributed by atoms with Crippen LogP contribution in [0.3, 0.4) is 0 Å². The molecule has 0 aromatic heterocycles. The van der Waals surface area contributed by atoms with Crippen molar-refractivity contribution in [1.29, 1.82) is 0 Å². The van der Waals surface area contributed by atoms with Crippen molar-refractivity contribution in [1.82, 2.24) is 0 Å². The van der Waals surface area contributed by atoms with Gasteiger partial charge in [-0.3, -0.25) is 0 Å². The summed E-state index contributed by atoms with van der Waals surface area (Å²) in [5.41, 5.74) is 2.81. The summed E-state index contributed by atoms with van der Waals surface area (Å²) in [6.45, 7) is 3.08. The van der Waals surface area contributed by atoms with Crippen LogP contribution in [-0.2, 0) is 10.2 Å². The molecule has 0 aliphatic carbocycles. The Morgan fingerprint density at radius 2 is 1.42 bits per heavy atom. The summed E-state index contributed by atoms with van der Waals surface area (Å²) in [5.74, 6) is 0. The van der Waals surface area contributed by atoms with Gasteiger partial charge in [0.1, 0.15) is 0 Å². The summed E-state index contributed by atoms with van der Waals surface area (Å²) in [6.07, 6.45) is 9.38. The largest absolute Gasteiger partial charge is 0.377 e. The molecule has 1 aliphatic heterocycles. The Morgan fingerprint density at radius 3 is 2.00 bits per heavy atom. The van der Waals surface area contributed by atoms with Crippen LogP contribution in [0.2, 0.25) is 0 Å². The lowest BCUT2D eigenvalue weighted by atomic mass is 9.72. The molecule has 1 fully saturated rings. The minimum Gasteiger partial charge on any atom is -0.377 e. The third kappa shape index (κ3) is 3.89. The molecular formula is C23H30O. The maximum atomic E-state index is 6.28. The number of unbranched alkanes of at least 4 members (excludes halogenated alkanes) is 4. The van der Waals surface area contributed by atoms with Crippen LogP contribution in [0.15, 0.2) is 60.7 Å². The van der Waals surface area contributed by atoms with E-state index in [1.54, 1.807) is 0 Å². The fourth-order valence-electron chi connectivity index (χ4n) is 4.01. The third-order valence-electron chi connectivity index (χ3n) is 5.42. The lowest BCUT2D eigenvalue weighted by molar-refractivity contribution is 0.0973. The standard InChI is InChI=1S/C23H30O/c1-2-3-4-5-12-17-22-18-23(19-24-22,20-13-8-6-9-14-20)21-15-10-7-11-16-21/h6-11,13-16,22H,2-5,12,17-19H2,1H3. The zero-order valence-electron chi connectivity index (χ0n) is 14.9. The summed E-state index contributed by atoms with van der Waals surface area (Å²) in [5, 5.41) is 0. The molecule has 1 saturated heterocycles. The van der Waals surface area contributed by atoms with Gasteiger partial charge < -0.3 is 4.74 Å². The number of rotatable bonds is 8. The first-order chi connectivity index (χ1) is 11.8. The fraction of sp³-hybridized carbons (Fsp3) is 0.478. The van der Waals surface area contributed by atoms with Gasteiger partial charge in [0.2, 0.25) is 0 Å². The highest BCUT2D eigenvalue weighted by Gasteiger charge is 2.42. The second kappa shape index (κ2) is 8.48. The first-order valence-electron chi connectivity index (χ1n) is 9.58. The molecule has 0 N–H and O–H groups in total. The monoisotopic (exact) mass is 322 g/mol. The third-order valence-corrected chi connectivity index (χ3v) is 5.42. The maximum Gasteiger partial charge on any atom is 0.0608 e. The SMILES string of the molecule is CCCCCCCC1CC(c2ccccc2)(c2ccccc2)CO1. The van der Waals surface area contributed by atoms with E-state index in [2.05, 4.69) is 67.6 Å². The molecule has 2 aromatic rings. The predicted molar refractivity (Wildman–Crippen MR) is 101 cm³/mol. The second-order valence-electron chi connectivity index (χ2n) is 7.15. The topological polar surface area (TPSA) is 9.23 Å². The molecule has 0 saturated carbocycles. The van der Waals surface area contributed by atoms with Gasteiger partial charge in [0, 0.05) is 5.41 Å². The lowest BCUT2D eigenvalue weighted by Gasteiger charge is -2.29. The number of benzene rings is 2. The first-order valence-corrected chi connectivity index (χ1v) is 9.58. The van der Waals surface area contributed by atoms with Crippen LogP contribution < -0.4 is 0 Å². The van der Waals surface area contributed by atoms with Crippen LogP contribution in [0.25, 0.3) is 0 Å². The maximum absolute atomic E-state index is 6.28. The van der Waals surface area contributed by atoms with Gasteiger partial charge in [0.05, 0.1) is 12.7 Å². The van der Waals surface area contributed by atoms with Crippen molar-refractivity contribution >= 4 is 0 Å². The number of ether oxygens (including phenoxy) is 1. The van der Waals surface area contributed by atoms with Crippen LogP contribution in [0.1, 0.15) is 63.0 Å². The van der Waals surface area contributed by atoms with Crippen molar-refractivity contribution in [2.24, 2.45) is 0 Å². The normalized spacial score (nSPS) is 19.5. The molecule has 24 heavy (non-hydrogen) atoms. The summed E-state index contributed by atoms with van der Waals surface area (Å²) in [4.78, 5) is 0. The lowest BCUT2D eigenvalue weighted by Crippen LogP contribution is -2.28. The van der Waals surface area contributed by atoms with Gasteiger partial charge in [-0.15, -0.1) is 0 Å². The Bertz CT molecular complexity index is 550. The van der Waals surface area contributed by atoms with E-state index in [9.17, 15) is 0 Å². The Labute approximate surface area is 147 Å². The highest BCUT2D eigenvalue weighted by atomic mass is 16.5. The van der Waals surface area contributed by atoms with Crippen LogP contribution in [0.5, 0.6) is 0 Å². The molecule has 3 rings (SSSR count). The molecule has 1 heterocycles. The van der Waals surface area contributed by atoms with Crippen LogP contribution in [0.4, 0.5) is 0 Å². The van der Waals surface area contributed by atoms with E-state index in [0.717, 1.165) is 13.0 Å². The van der Waals surface area contributed by atoms with Gasteiger partial charge in [0.15, 0.2) is 0 Å². The Balaban J connectivity index is 1.72. The Hall–Kier alpha value is -1.60. The number of hydrogen-bond acceptors (Lipinski definition) is 1. The van der Waals surface area contributed by atoms with Gasteiger partial charge in [-0.25, -0.2) is 0 Å². The number of hydrogen-bond donors (Lipinski definition) is 0. The van der Waals surface area contributed by atoms with Crippen LogP contribution in [-0.4, -0.2) is 12.7 Å². The molecule has 128 valence electrons. The molecule has 0 amide bonds. The molecule has 1 heteroatoms. The van der Waals surface area contributed by atoms with Gasteiger partial charge >= 0.3 is 0 Å².